The molecule has 120 valence electrons. The highest BCUT2D eigenvalue weighted by Gasteiger charge is 2.17. The van der Waals surface area contributed by atoms with Crippen LogP contribution in [-0.2, 0) is 6.54 Å². The van der Waals surface area contributed by atoms with Gasteiger partial charge in [0, 0.05) is 36.9 Å². The van der Waals surface area contributed by atoms with Gasteiger partial charge in [-0.2, -0.15) is 11.8 Å². The van der Waals surface area contributed by atoms with Crippen LogP contribution in [0.1, 0.15) is 44.0 Å². The van der Waals surface area contributed by atoms with Crippen LogP contribution < -0.4 is 10.2 Å². The molecule has 0 saturated carbocycles. The molecule has 1 N–H and O–H groups in total. The lowest BCUT2D eigenvalue weighted by atomic mass is 10.1. The van der Waals surface area contributed by atoms with E-state index in [9.17, 15) is 0 Å². The number of thioether (sulfide) groups is 1. The van der Waals surface area contributed by atoms with Gasteiger partial charge in [0.25, 0.3) is 0 Å². The summed E-state index contributed by atoms with van der Waals surface area (Å²) in [7, 11) is 2.17. The van der Waals surface area contributed by atoms with Crippen molar-refractivity contribution in [3.05, 3.63) is 22.9 Å². The quantitative estimate of drug-likeness (QED) is 0.791. The summed E-state index contributed by atoms with van der Waals surface area (Å²) in [5, 5.41) is 3.53. The molecule has 0 spiro atoms. The molecule has 4 heteroatoms. The molecule has 3 nitrogen and oxygen atoms in total. The second kappa shape index (κ2) is 8.64. The Morgan fingerprint density at radius 1 is 1.29 bits per heavy atom. The molecule has 0 fully saturated rings. The van der Waals surface area contributed by atoms with Crippen molar-refractivity contribution >= 4 is 17.6 Å². The SMILES string of the molecule is CSCCC(C)N(C)c1nc(C)cc(C)c1CNC(C)C. The van der Waals surface area contributed by atoms with E-state index in [1.165, 1.54) is 23.3 Å². The molecule has 1 rings (SSSR count). The monoisotopic (exact) mass is 309 g/mol. The van der Waals surface area contributed by atoms with Crippen molar-refractivity contribution in [1.82, 2.24) is 10.3 Å². The van der Waals surface area contributed by atoms with Gasteiger partial charge < -0.3 is 10.2 Å². The maximum Gasteiger partial charge on any atom is 0.133 e. The minimum Gasteiger partial charge on any atom is -0.357 e. The van der Waals surface area contributed by atoms with Gasteiger partial charge in [-0.25, -0.2) is 4.98 Å². The van der Waals surface area contributed by atoms with Gasteiger partial charge in [0.15, 0.2) is 0 Å². The first-order valence-corrected chi connectivity index (χ1v) is 9.18. The second-order valence-corrected chi connectivity index (χ2v) is 7.15. The Kier molecular flexibility index (Phi) is 7.53. The molecule has 0 amide bonds. The highest BCUT2D eigenvalue weighted by atomic mass is 32.2. The topological polar surface area (TPSA) is 28.2 Å². The molecule has 0 aliphatic heterocycles. The fraction of sp³-hybridized carbons (Fsp3) is 0.706. The van der Waals surface area contributed by atoms with Crippen LogP contribution in [0.25, 0.3) is 0 Å². The fourth-order valence-corrected chi connectivity index (χ4v) is 2.93. The molecule has 1 atom stereocenters. The van der Waals surface area contributed by atoms with Gasteiger partial charge >= 0.3 is 0 Å². The molecule has 1 aromatic rings. The Balaban J connectivity index is 3.02. The average Bonchev–Trinajstić information content (AvgIpc) is 2.41. The normalized spacial score (nSPS) is 12.8. The van der Waals surface area contributed by atoms with Crippen LogP contribution in [0.3, 0.4) is 0 Å². The van der Waals surface area contributed by atoms with Crippen molar-refractivity contribution in [2.45, 2.75) is 59.7 Å². The maximum atomic E-state index is 4.82. The van der Waals surface area contributed by atoms with E-state index in [2.05, 4.69) is 64.2 Å². The number of rotatable bonds is 8. The lowest BCUT2D eigenvalue weighted by Gasteiger charge is -2.29. The van der Waals surface area contributed by atoms with Crippen molar-refractivity contribution in [2.24, 2.45) is 0 Å². The lowest BCUT2D eigenvalue weighted by Crippen LogP contribution is -2.32. The molecule has 0 saturated heterocycles. The van der Waals surface area contributed by atoms with Gasteiger partial charge in [-0.1, -0.05) is 13.8 Å². The predicted molar refractivity (Wildman–Crippen MR) is 96.6 cm³/mol. The van der Waals surface area contributed by atoms with Gasteiger partial charge in [0.1, 0.15) is 5.82 Å². The summed E-state index contributed by atoms with van der Waals surface area (Å²) in [5.41, 5.74) is 3.75. The third-order valence-corrected chi connectivity index (χ3v) is 4.52. The van der Waals surface area contributed by atoms with Crippen molar-refractivity contribution < 1.29 is 0 Å². The molecule has 0 aliphatic rings. The highest BCUT2D eigenvalue weighted by molar-refractivity contribution is 7.98. The molecule has 1 aromatic heterocycles. The zero-order chi connectivity index (χ0) is 16.0. The molecular weight excluding hydrogens is 278 g/mol. The molecule has 1 heterocycles. The molecule has 0 aliphatic carbocycles. The first kappa shape index (κ1) is 18.3. The van der Waals surface area contributed by atoms with Crippen LogP contribution in [0.2, 0.25) is 0 Å². The van der Waals surface area contributed by atoms with E-state index in [1.54, 1.807) is 0 Å². The minimum atomic E-state index is 0.484. The standard InChI is InChI=1S/C17H31N3S/c1-12(2)18-11-16-13(3)10-14(4)19-17(16)20(6)15(5)8-9-21-7/h10,12,15,18H,8-9,11H2,1-7H3. The smallest absolute Gasteiger partial charge is 0.133 e. The third-order valence-electron chi connectivity index (χ3n) is 3.88. The van der Waals surface area contributed by atoms with E-state index in [-0.39, 0.29) is 0 Å². The van der Waals surface area contributed by atoms with Crippen LogP contribution in [0.5, 0.6) is 0 Å². The van der Waals surface area contributed by atoms with Gasteiger partial charge in [-0.3, -0.25) is 0 Å². The number of hydrogen-bond acceptors (Lipinski definition) is 4. The summed E-state index contributed by atoms with van der Waals surface area (Å²) in [6.07, 6.45) is 3.35. The zero-order valence-electron chi connectivity index (χ0n) is 14.7. The molecule has 0 bridgehead atoms. The highest BCUT2D eigenvalue weighted by Crippen LogP contribution is 2.24. The van der Waals surface area contributed by atoms with E-state index in [0.29, 0.717) is 12.1 Å². The Hall–Kier alpha value is -0.740. The summed E-state index contributed by atoms with van der Waals surface area (Å²) < 4.78 is 0. The largest absolute Gasteiger partial charge is 0.357 e. The first-order chi connectivity index (χ1) is 9.86. The van der Waals surface area contributed by atoms with E-state index in [4.69, 9.17) is 4.98 Å². The molecule has 1 unspecified atom stereocenters. The van der Waals surface area contributed by atoms with Crippen molar-refractivity contribution in [3.63, 3.8) is 0 Å². The fourth-order valence-electron chi connectivity index (χ4n) is 2.35. The first-order valence-electron chi connectivity index (χ1n) is 7.79. The Morgan fingerprint density at radius 3 is 2.52 bits per heavy atom. The Morgan fingerprint density at radius 2 is 1.95 bits per heavy atom. The number of anilines is 1. The maximum absolute atomic E-state index is 4.82. The number of hydrogen-bond donors (Lipinski definition) is 1. The number of pyridine rings is 1. The van der Waals surface area contributed by atoms with Gasteiger partial charge in [-0.15, -0.1) is 0 Å². The summed E-state index contributed by atoms with van der Waals surface area (Å²) >= 11 is 1.91. The molecular formula is C17H31N3S. The molecule has 21 heavy (non-hydrogen) atoms. The summed E-state index contributed by atoms with van der Waals surface area (Å²) in [4.78, 5) is 7.16. The summed E-state index contributed by atoms with van der Waals surface area (Å²) in [6.45, 7) is 11.8. The zero-order valence-corrected chi connectivity index (χ0v) is 15.5. The van der Waals surface area contributed by atoms with Crippen LogP contribution in [0.15, 0.2) is 6.07 Å². The van der Waals surface area contributed by atoms with Crippen molar-refractivity contribution in [1.29, 1.82) is 0 Å². The number of nitrogens with zero attached hydrogens (tertiary/aromatic N) is 2. The minimum absolute atomic E-state index is 0.484. The second-order valence-electron chi connectivity index (χ2n) is 6.16. The van der Waals surface area contributed by atoms with E-state index in [1.807, 2.05) is 11.8 Å². The van der Waals surface area contributed by atoms with E-state index >= 15 is 0 Å². The van der Waals surface area contributed by atoms with Crippen LogP contribution >= 0.6 is 11.8 Å². The molecule has 0 aromatic carbocycles. The number of aromatic nitrogens is 1. The Bertz CT molecular complexity index is 446. The number of aryl methyl sites for hydroxylation is 2. The van der Waals surface area contributed by atoms with E-state index in [0.717, 1.165) is 18.1 Å². The van der Waals surface area contributed by atoms with E-state index < -0.39 is 0 Å². The van der Waals surface area contributed by atoms with Crippen LogP contribution in [-0.4, -0.2) is 36.1 Å². The van der Waals surface area contributed by atoms with Gasteiger partial charge in [0.2, 0.25) is 0 Å². The summed E-state index contributed by atoms with van der Waals surface area (Å²) in [6, 6.07) is 3.17. The average molecular weight is 310 g/mol. The van der Waals surface area contributed by atoms with Crippen molar-refractivity contribution in [2.75, 3.05) is 24.0 Å². The third kappa shape index (κ3) is 5.51. The van der Waals surface area contributed by atoms with Gasteiger partial charge in [-0.05, 0) is 50.8 Å². The Labute approximate surface area is 134 Å². The van der Waals surface area contributed by atoms with Crippen LogP contribution in [0, 0.1) is 13.8 Å². The number of nitrogens with one attached hydrogen (secondary N) is 1. The van der Waals surface area contributed by atoms with Crippen LogP contribution in [0.4, 0.5) is 5.82 Å². The van der Waals surface area contributed by atoms with Gasteiger partial charge in [0.05, 0.1) is 0 Å². The van der Waals surface area contributed by atoms with Crippen molar-refractivity contribution in [3.8, 4) is 0 Å². The predicted octanol–water partition coefficient (Wildman–Crippen LogP) is 3.77. The lowest BCUT2D eigenvalue weighted by molar-refractivity contribution is 0.582. The molecule has 0 radical (unpaired) electrons. The summed E-state index contributed by atoms with van der Waals surface area (Å²) in [5.74, 6) is 2.32.